The zero-order chi connectivity index (χ0) is 53.9. The van der Waals surface area contributed by atoms with Crippen molar-refractivity contribution >= 4 is 91.5 Å². The predicted octanol–water partition coefficient (Wildman–Crippen LogP) is 7.68. The highest BCUT2D eigenvalue weighted by molar-refractivity contribution is 8.77. The number of aromatic carboxylic acids is 1. The molecule has 73 heavy (non-hydrogen) atoms. The largest absolute Gasteiger partial charge is 0.490 e. The van der Waals surface area contributed by atoms with Crippen molar-refractivity contribution in [1.82, 2.24) is 5.32 Å². The Morgan fingerprint density at radius 1 is 0.959 bits per heavy atom. The van der Waals surface area contributed by atoms with E-state index in [1.807, 2.05) is 54.5 Å². The maximum Gasteiger partial charge on any atom is 0.490 e. The fraction of sp³-hybridized carbons (Fsp3) is 0.543. The number of aryl methyl sites for hydroxylation is 2. The summed E-state index contributed by atoms with van der Waals surface area (Å²) in [7, 11) is -9.16. The molecule has 7 N–H and O–H groups in total. The Morgan fingerprint density at radius 2 is 1.68 bits per heavy atom. The molecule has 4 unspecified atom stereocenters. The van der Waals surface area contributed by atoms with E-state index >= 15 is 0 Å². The quantitative estimate of drug-likeness (QED) is 0.0125. The van der Waals surface area contributed by atoms with E-state index < -0.39 is 64.9 Å². The Labute approximate surface area is 443 Å². The van der Waals surface area contributed by atoms with Gasteiger partial charge in [-0.3, -0.25) is 9.32 Å². The van der Waals surface area contributed by atoms with Crippen LogP contribution in [0.3, 0.4) is 0 Å². The lowest BCUT2D eigenvalue weighted by molar-refractivity contribution is -0.451. The van der Waals surface area contributed by atoms with Gasteiger partial charge in [0.15, 0.2) is 0 Å². The van der Waals surface area contributed by atoms with Gasteiger partial charge in [-0.2, -0.15) is 14.4 Å². The zero-order valence-electron chi connectivity index (χ0n) is 42.0. The maximum absolute atomic E-state index is 13.6. The Kier molecular flexibility index (Phi) is 22.6. The monoisotopic (exact) mass is 1150 g/mol. The van der Waals surface area contributed by atoms with E-state index in [0.29, 0.717) is 11.3 Å². The molecule has 1 saturated heterocycles. The molecule has 2 aromatic carbocycles. The van der Waals surface area contributed by atoms with Gasteiger partial charge >= 0.3 is 29.4 Å². The van der Waals surface area contributed by atoms with Gasteiger partial charge < -0.3 is 48.9 Å². The molecule has 401 valence electrons. The number of carbonyl (C=O) groups excluding carboxylic acids is 1. The molecule has 5 rings (SSSR count). The van der Waals surface area contributed by atoms with Crippen LogP contribution in [0.15, 0.2) is 53.8 Å². The summed E-state index contributed by atoms with van der Waals surface area (Å²) in [6.07, 6.45) is 4.62. The van der Waals surface area contributed by atoms with E-state index in [1.165, 1.54) is 44.0 Å². The number of phosphoric acid groups is 3. The predicted molar refractivity (Wildman–Crippen MR) is 287 cm³/mol. The maximum atomic E-state index is 13.6. The van der Waals surface area contributed by atoms with E-state index in [9.17, 15) is 38.2 Å². The molecule has 0 saturated carbocycles. The number of nitrogens with one attached hydrogen (secondary N) is 2. The topological polar surface area (TPSA) is 277 Å². The summed E-state index contributed by atoms with van der Waals surface area (Å²) in [4.78, 5) is 67.1. The van der Waals surface area contributed by atoms with Crippen molar-refractivity contribution in [1.29, 1.82) is 0 Å². The van der Waals surface area contributed by atoms with Crippen LogP contribution >= 0.6 is 66.6 Å². The first kappa shape index (κ1) is 61.5. The van der Waals surface area contributed by atoms with Crippen LogP contribution in [-0.4, -0.2) is 115 Å². The molecule has 1 fully saturated rings. The second-order valence-electron chi connectivity index (χ2n) is 18.7. The molecule has 1 amide bonds. The first-order valence-corrected chi connectivity index (χ1v) is 32.3. The van der Waals surface area contributed by atoms with Crippen LogP contribution in [0.5, 0.6) is 5.75 Å². The number of carboxylic acids is 1. The summed E-state index contributed by atoms with van der Waals surface area (Å²) in [5.41, 5.74) is 6.03. The molecular formula is C46H64BN2O17P3S4+. The minimum absolute atomic E-state index is 0.0426. The number of allylic oxidation sites excluding steroid dienone is 3. The molecular weight excluding hydrogens is 1080 g/mol. The Bertz CT molecular complexity index is 2630. The van der Waals surface area contributed by atoms with Crippen molar-refractivity contribution in [3.63, 3.8) is 0 Å². The first-order valence-electron chi connectivity index (χ1n) is 23.1. The number of benzene rings is 2. The number of phosphoric ester groups is 1. The minimum Gasteiger partial charge on any atom is -0.478 e. The van der Waals surface area contributed by atoms with Crippen LogP contribution in [0, 0.1) is 24.6 Å². The molecule has 19 nitrogen and oxygen atoms in total. The highest BCUT2D eigenvalue weighted by Crippen LogP contribution is 2.66. The van der Waals surface area contributed by atoms with Crippen LogP contribution in [0.4, 0.5) is 0 Å². The van der Waals surface area contributed by atoms with E-state index in [0.717, 1.165) is 47.6 Å². The summed E-state index contributed by atoms with van der Waals surface area (Å²) >= 11 is 0. The third kappa shape index (κ3) is 19.3. The average molecular weight is 1150 g/mol. The zero-order valence-corrected chi connectivity index (χ0v) is 47.9. The molecule has 2 aromatic rings. The van der Waals surface area contributed by atoms with Gasteiger partial charge in [0.2, 0.25) is 5.71 Å². The first-order chi connectivity index (χ1) is 34.1. The van der Waals surface area contributed by atoms with Crippen LogP contribution in [-0.2, 0) is 47.5 Å². The number of carbonyl (C=O) groups is 2. The molecule has 1 radical (unpaired) electrons. The Morgan fingerprint density at radius 3 is 2.36 bits per heavy atom. The number of hydrogen-bond acceptors (Lipinski definition) is 16. The molecule has 2 aliphatic heterocycles. The highest BCUT2D eigenvalue weighted by Gasteiger charge is 2.44. The van der Waals surface area contributed by atoms with Gasteiger partial charge in [0.25, 0.3) is 13.2 Å². The summed E-state index contributed by atoms with van der Waals surface area (Å²) in [6.45, 7) is 18.7. The molecule has 2 heterocycles. The van der Waals surface area contributed by atoms with Crippen LogP contribution in [0.2, 0.25) is 0 Å². The molecule has 0 bridgehead atoms. The third-order valence-corrected chi connectivity index (χ3v) is 20.7. The number of fused-ring (bicyclic) bond motifs is 2. The van der Waals surface area contributed by atoms with E-state index in [4.69, 9.17) is 33.3 Å². The lowest BCUT2D eigenvalue weighted by Gasteiger charge is -2.37. The minimum atomic E-state index is -5.70. The van der Waals surface area contributed by atoms with Crippen LogP contribution in [0.1, 0.15) is 117 Å². The van der Waals surface area contributed by atoms with E-state index in [-0.39, 0.29) is 59.2 Å². The van der Waals surface area contributed by atoms with Gasteiger partial charge in [-0.15, -0.1) is 0 Å². The van der Waals surface area contributed by atoms with Crippen LogP contribution in [0.25, 0.3) is 0 Å². The summed E-state index contributed by atoms with van der Waals surface area (Å²) in [6, 6.07) is 8.47. The lowest BCUT2D eigenvalue weighted by Crippen LogP contribution is -2.72. The van der Waals surface area contributed by atoms with Gasteiger partial charge in [-0.25, -0.2) is 23.5 Å². The smallest absolute Gasteiger partial charge is 0.478 e. The number of rotatable bonds is 25. The molecule has 27 heteroatoms. The third-order valence-electron chi connectivity index (χ3n) is 10.9. The number of amides is 1. The second-order valence-corrected chi connectivity index (χ2v) is 29.1. The SMILES string of the molecule is CCCc1cc2c(cc1C)C(c1ccc(C(=O)NCC(C)(C)SSCOCC#C[B][C@H]3C[C@@H](OCSSC(C)(C)C)[C@@H](COP(=O)(O)OP(=O)(O)OP(=O)(O)O)O3)cc1C(=O)O)C1C=C(C)C(=[NH+]CC)C=C1O2. The van der Waals surface area contributed by atoms with Crippen molar-refractivity contribution < 1.29 is 85.0 Å². The summed E-state index contributed by atoms with van der Waals surface area (Å²) in [5, 5.41) is 13.6. The normalized spacial score (nSPS) is 22.1. The van der Waals surface area contributed by atoms with Gasteiger partial charge in [-0.05, 0) is 82.3 Å². The standard InChI is InChI=1S/C46H63BN2O17P3S4/c1-10-13-30-21-37-34(18-28(30)3)42(35-19-29(4)36(48-11-2)22-38(35)63-37)32-15-14-31(20-33(32)44(51)52)43(50)49-25-46(8,9)73-70-26-60-17-12-16-47-41-23-39(61-27-71-72-45(5,6)7)40(64-41)24-62-68(56,57)66-69(58,59)65-67(53,54)55/h14-15,18-22,35,39-42H,10-11,13,17,23-27H2,1-9H3,(H,49,50)(H,51,52)(H,56,57)(H,58,59)(H2,53,54,55)/p+1/t35?,39-,40-,41-,42?/m1/s1. The van der Waals surface area contributed by atoms with Crippen molar-refractivity contribution in [2.45, 2.75) is 115 Å². The molecule has 0 aromatic heterocycles. The summed E-state index contributed by atoms with van der Waals surface area (Å²) in [5.74, 6) is 5.46. The second kappa shape index (κ2) is 26.8. The number of carboxylic acid groups (broad SMARTS) is 1. The molecule has 0 spiro atoms. The van der Waals surface area contributed by atoms with Crippen molar-refractivity contribution in [3.8, 4) is 17.5 Å². The average Bonchev–Trinajstić information content (AvgIpc) is 3.67. The van der Waals surface area contributed by atoms with Crippen molar-refractivity contribution in [2.24, 2.45) is 5.92 Å². The molecule has 1 aliphatic carbocycles. The number of ether oxygens (including phenoxy) is 4. The number of hydrogen-bond donors (Lipinski definition) is 7. The van der Waals surface area contributed by atoms with E-state index in [2.05, 4.69) is 62.7 Å². The van der Waals surface area contributed by atoms with Gasteiger partial charge in [0.1, 0.15) is 42.6 Å². The van der Waals surface area contributed by atoms with Gasteiger partial charge in [0.05, 0.1) is 18.3 Å². The summed E-state index contributed by atoms with van der Waals surface area (Å²) < 4.78 is 71.1. The van der Waals surface area contributed by atoms with E-state index in [1.54, 1.807) is 30.2 Å². The highest BCUT2D eigenvalue weighted by atomic mass is 33.1. The molecule has 3 aliphatic rings. The Hall–Kier alpha value is -2.36. The van der Waals surface area contributed by atoms with Crippen LogP contribution < -0.4 is 15.0 Å². The van der Waals surface area contributed by atoms with Crippen molar-refractivity contribution in [3.05, 3.63) is 87.2 Å². The van der Waals surface area contributed by atoms with Gasteiger partial charge in [0, 0.05) is 56.7 Å². The molecule has 7 atom stereocenters. The Balaban J connectivity index is 1.13. The lowest BCUT2D eigenvalue weighted by atomic mass is 9.71. The fourth-order valence-corrected chi connectivity index (χ4v) is 15.0. The van der Waals surface area contributed by atoms with Gasteiger partial charge in [-0.1, -0.05) is 101 Å². The van der Waals surface area contributed by atoms with Crippen molar-refractivity contribution in [2.75, 3.05) is 38.2 Å². The fourth-order valence-electron chi connectivity index (χ4n) is 7.88.